The summed E-state index contributed by atoms with van der Waals surface area (Å²) >= 11 is 4.98. The Morgan fingerprint density at radius 1 is 1.21 bits per heavy atom. The van der Waals surface area contributed by atoms with Crippen LogP contribution in [0.25, 0.3) is 0 Å². The highest BCUT2D eigenvalue weighted by Gasteiger charge is 2.10. The molecule has 0 bridgehead atoms. The molecule has 0 unspecified atom stereocenters. The standard InChI is InChI=1S/C15H14BrNOS/c1-19-14-8-3-2-7-13(14)15(18)17-12-6-4-5-11(9-12)10-16/h2-9H,10H2,1H3,(H,17,18). The lowest BCUT2D eigenvalue weighted by Crippen LogP contribution is -2.12. The Morgan fingerprint density at radius 3 is 2.74 bits per heavy atom. The van der Waals surface area contributed by atoms with Gasteiger partial charge in [0.15, 0.2) is 0 Å². The van der Waals surface area contributed by atoms with E-state index in [1.54, 1.807) is 11.8 Å². The van der Waals surface area contributed by atoms with Crippen molar-refractivity contribution in [3.63, 3.8) is 0 Å². The van der Waals surface area contributed by atoms with Gasteiger partial charge in [-0.2, -0.15) is 0 Å². The SMILES string of the molecule is CSc1ccccc1C(=O)Nc1cccc(CBr)c1. The van der Waals surface area contributed by atoms with Crippen LogP contribution in [0.1, 0.15) is 15.9 Å². The summed E-state index contributed by atoms with van der Waals surface area (Å²) in [6, 6.07) is 15.4. The van der Waals surface area contributed by atoms with Crippen LogP contribution in [0.3, 0.4) is 0 Å². The number of hydrogen-bond donors (Lipinski definition) is 1. The van der Waals surface area contributed by atoms with Gasteiger partial charge in [0.25, 0.3) is 5.91 Å². The van der Waals surface area contributed by atoms with E-state index in [0.29, 0.717) is 5.56 Å². The van der Waals surface area contributed by atoms with Crippen LogP contribution < -0.4 is 5.32 Å². The van der Waals surface area contributed by atoms with Gasteiger partial charge in [-0.25, -0.2) is 0 Å². The van der Waals surface area contributed by atoms with Crippen molar-refractivity contribution in [3.05, 3.63) is 59.7 Å². The quantitative estimate of drug-likeness (QED) is 0.655. The number of rotatable bonds is 4. The van der Waals surface area contributed by atoms with Crippen LogP contribution in [0.15, 0.2) is 53.4 Å². The van der Waals surface area contributed by atoms with E-state index in [0.717, 1.165) is 21.5 Å². The molecular formula is C15H14BrNOS. The lowest BCUT2D eigenvalue weighted by Gasteiger charge is -2.09. The molecule has 1 N–H and O–H groups in total. The molecule has 0 aliphatic rings. The number of carbonyl (C=O) groups excluding carboxylic acids is 1. The Bertz CT molecular complexity index is 586. The van der Waals surface area contributed by atoms with Gasteiger partial charge in [-0.3, -0.25) is 4.79 Å². The molecule has 4 heteroatoms. The van der Waals surface area contributed by atoms with Crippen LogP contribution in [-0.4, -0.2) is 12.2 Å². The number of amides is 1. The van der Waals surface area contributed by atoms with Gasteiger partial charge >= 0.3 is 0 Å². The van der Waals surface area contributed by atoms with Crippen molar-refractivity contribution in [3.8, 4) is 0 Å². The first-order chi connectivity index (χ1) is 9.24. The van der Waals surface area contributed by atoms with Crippen LogP contribution in [0.5, 0.6) is 0 Å². The molecule has 0 saturated heterocycles. The summed E-state index contributed by atoms with van der Waals surface area (Å²) in [7, 11) is 0. The highest BCUT2D eigenvalue weighted by Crippen LogP contribution is 2.21. The van der Waals surface area contributed by atoms with Crippen molar-refractivity contribution < 1.29 is 4.79 Å². The summed E-state index contributed by atoms with van der Waals surface area (Å²) in [4.78, 5) is 13.2. The number of nitrogens with one attached hydrogen (secondary N) is 1. The summed E-state index contributed by atoms with van der Waals surface area (Å²) < 4.78 is 0. The minimum atomic E-state index is -0.0725. The van der Waals surface area contributed by atoms with E-state index >= 15 is 0 Å². The number of alkyl halides is 1. The Morgan fingerprint density at radius 2 is 2.00 bits per heavy atom. The first kappa shape index (κ1) is 14.2. The Kier molecular flexibility index (Phi) is 5.05. The van der Waals surface area contributed by atoms with Gasteiger partial charge in [0.05, 0.1) is 5.56 Å². The Balaban J connectivity index is 2.20. The molecule has 0 saturated carbocycles. The lowest BCUT2D eigenvalue weighted by molar-refractivity contribution is 0.102. The van der Waals surface area contributed by atoms with Crippen LogP contribution in [0, 0.1) is 0 Å². The van der Waals surface area contributed by atoms with Crippen molar-refractivity contribution in [2.45, 2.75) is 10.2 Å². The van der Waals surface area contributed by atoms with Gasteiger partial charge < -0.3 is 5.32 Å². The van der Waals surface area contributed by atoms with Crippen LogP contribution in [0.2, 0.25) is 0 Å². The second kappa shape index (κ2) is 6.78. The van der Waals surface area contributed by atoms with Crippen molar-refractivity contribution in [1.82, 2.24) is 0 Å². The van der Waals surface area contributed by atoms with Crippen molar-refractivity contribution in [1.29, 1.82) is 0 Å². The smallest absolute Gasteiger partial charge is 0.256 e. The fraction of sp³-hybridized carbons (Fsp3) is 0.133. The van der Waals surface area contributed by atoms with E-state index in [1.165, 1.54) is 0 Å². The summed E-state index contributed by atoms with van der Waals surface area (Å²) in [6.07, 6.45) is 1.97. The van der Waals surface area contributed by atoms with E-state index in [1.807, 2.05) is 54.8 Å². The molecule has 98 valence electrons. The zero-order valence-electron chi connectivity index (χ0n) is 10.5. The molecule has 0 spiro atoms. The third-order valence-corrected chi connectivity index (χ3v) is 4.13. The summed E-state index contributed by atoms with van der Waals surface area (Å²) in [5.41, 5.74) is 2.66. The van der Waals surface area contributed by atoms with Crippen LogP contribution in [0.4, 0.5) is 5.69 Å². The number of benzene rings is 2. The fourth-order valence-corrected chi connectivity index (χ4v) is 2.71. The number of thioether (sulfide) groups is 1. The van der Waals surface area contributed by atoms with E-state index in [2.05, 4.69) is 21.2 Å². The van der Waals surface area contributed by atoms with Gasteiger partial charge in [0.2, 0.25) is 0 Å². The minimum Gasteiger partial charge on any atom is -0.322 e. The fourth-order valence-electron chi connectivity index (χ4n) is 1.76. The molecule has 0 fully saturated rings. The lowest BCUT2D eigenvalue weighted by atomic mass is 10.2. The van der Waals surface area contributed by atoms with Crippen LogP contribution in [-0.2, 0) is 5.33 Å². The molecule has 0 heterocycles. The van der Waals surface area contributed by atoms with Crippen molar-refractivity contribution in [2.24, 2.45) is 0 Å². The molecule has 0 aliphatic carbocycles. The number of hydrogen-bond acceptors (Lipinski definition) is 2. The summed E-state index contributed by atoms with van der Waals surface area (Å²) in [5.74, 6) is -0.0725. The molecule has 1 amide bonds. The summed E-state index contributed by atoms with van der Waals surface area (Å²) in [6.45, 7) is 0. The number of halogens is 1. The number of anilines is 1. The van der Waals surface area contributed by atoms with Crippen molar-refractivity contribution in [2.75, 3.05) is 11.6 Å². The molecular weight excluding hydrogens is 322 g/mol. The average molecular weight is 336 g/mol. The first-order valence-electron chi connectivity index (χ1n) is 5.84. The maximum absolute atomic E-state index is 12.3. The van der Waals surface area contributed by atoms with Gasteiger partial charge in [-0.15, -0.1) is 11.8 Å². The van der Waals surface area contributed by atoms with E-state index < -0.39 is 0 Å². The minimum absolute atomic E-state index is 0.0725. The maximum atomic E-state index is 12.3. The third kappa shape index (κ3) is 3.61. The van der Waals surface area contributed by atoms with Crippen molar-refractivity contribution >= 4 is 39.3 Å². The Labute approximate surface area is 125 Å². The van der Waals surface area contributed by atoms with E-state index in [9.17, 15) is 4.79 Å². The zero-order valence-corrected chi connectivity index (χ0v) is 12.9. The predicted octanol–water partition coefficient (Wildman–Crippen LogP) is 4.56. The molecule has 2 rings (SSSR count). The normalized spacial score (nSPS) is 10.2. The monoisotopic (exact) mass is 335 g/mol. The second-order valence-corrected chi connectivity index (χ2v) is 5.40. The molecule has 2 nitrogen and oxygen atoms in total. The van der Waals surface area contributed by atoms with Gasteiger partial charge in [0.1, 0.15) is 0 Å². The van der Waals surface area contributed by atoms with Gasteiger partial charge in [-0.05, 0) is 36.1 Å². The molecule has 0 aliphatic heterocycles. The molecule has 0 aromatic heterocycles. The second-order valence-electron chi connectivity index (χ2n) is 3.99. The third-order valence-electron chi connectivity index (χ3n) is 2.69. The van der Waals surface area contributed by atoms with E-state index in [4.69, 9.17) is 0 Å². The largest absolute Gasteiger partial charge is 0.322 e. The van der Waals surface area contributed by atoms with Gasteiger partial charge in [0, 0.05) is 15.9 Å². The van der Waals surface area contributed by atoms with Crippen LogP contribution >= 0.6 is 27.7 Å². The highest BCUT2D eigenvalue weighted by molar-refractivity contribution is 9.08. The first-order valence-corrected chi connectivity index (χ1v) is 8.18. The Hall–Kier alpha value is -1.26. The predicted molar refractivity (Wildman–Crippen MR) is 85.2 cm³/mol. The molecule has 19 heavy (non-hydrogen) atoms. The molecule has 2 aromatic carbocycles. The zero-order chi connectivity index (χ0) is 13.7. The molecule has 2 aromatic rings. The van der Waals surface area contributed by atoms with E-state index in [-0.39, 0.29) is 5.91 Å². The summed E-state index contributed by atoms with van der Waals surface area (Å²) in [5, 5.41) is 3.71. The molecule has 0 atom stereocenters. The highest BCUT2D eigenvalue weighted by atomic mass is 79.9. The molecule has 0 radical (unpaired) electrons. The topological polar surface area (TPSA) is 29.1 Å². The average Bonchev–Trinajstić information content (AvgIpc) is 2.47. The number of carbonyl (C=O) groups is 1. The van der Waals surface area contributed by atoms with Gasteiger partial charge in [-0.1, -0.05) is 40.2 Å². The maximum Gasteiger partial charge on any atom is 0.256 e.